The molecule has 0 atom stereocenters. The highest BCUT2D eigenvalue weighted by Crippen LogP contribution is 2.34. The van der Waals surface area contributed by atoms with Crippen molar-refractivity contribution < 1.29 is 14.3 Å². The summed E-state index contributed by atoms with van der Waals surface area (Å²) in [6.07, 6.45) is 6.25. The van der Waals surface area contributed by atoms with Gasteiger partial charge in [0.05, 0.1) is 5.75 Å². The molecule has 28 heavy (non-hydrogen) atoms. The summed E-state index contributed by atoms with van der Waals surface area (Å²) in [4.78, 5) is 12.3. The predicted octanol–water partition coefficient (Wildman–Crippen LogP) is 3.48. The van der Waals surface area contributed by atoms with Crippen molar-refractivity contribution in [1.29, 1.82) is 0 Å². The van der Waals surface area contributed by atoms with E-state index in [-0.39, 0.29) is 12.7 Å². The normalized spacial score (nSPS) is 16.3. The fraction of sp³-hybridized carbons (Fsp3) is 0.550. The van der Waals surface area contributed by atoms with Gasteiger partial charge in [-0.2, -0.15) is 0 Å². The van der Waals surface area contributed by atoms with Crippen molar-refractivity contribution in [3.05, 3.63) is 29.6 Å². The zero-order valence-electron chi connectivity index (χ0n) is 16.1. The lowest BCUT2D eigenvalue weighted by molar-refractivity contribution is -0.118. The van der Waals surface area contributed by atoms with Crippen LogP contribution in [0.25, 0.3) is 0 Å². The van der Waals surface area contributed by atoms with Crippen LogP contribution in [0.3, 0.4) is 0 Å². The van der Waals surface area contributed by atoms with Gasteiger partial charge in [0.2, 0.25) is 12.7 Å². The maximum absolute atomic E-state index is 12.3. The second-order valence-electron chi connectivity index (χ2n) is 7.17. The van der Waals surface area contributed by atoms with Crippen LogP contribution in [0.4, 0.5) is 0 Å². The molecule has 2 aromatic rings. The Morgan fingerprint density at radius 3 is 2.86 bits per heavy atom. The largest absolute Gasteiger partial charge is 0.454 e. The number of benzene rings is 1. The first-order valence-electron chi connectivity index (χ1n) is 9.95. The molecule has 1 N–H and O–H groups in total. The Bertz CT molecular complexity index is 833. The Balaban J connectivity index is 1.30. The van der Waals surface area contributed by atoms with E-state index in [4.69, 9.17) is 9.47 Å². The third-order valence-corrected chi connectivity index (χ3v) is 6.26. The van der Waals surface area contributed by atoms with Crippen molar-refractivity contribution in [3.8, 4) is 11.5 Å². The molecule has 1 aliphatic heterocycles. The Morgan fingerprint density at radius 2 is 2.04 bits per heavy atom. The molecule has 1 saturated carbocycles. The van der Waals surface area contributed by atoms with Gasteiger partial charge in [0.1, 0.15) is 5.82 Å². The minimum Gasteiger partial charge on any atom is -0.454 e. The second kappa shape index (κ2) is 8.86. The fourth-order valence-corrected chi connectivity index (χ4v) is 4.64. The molecule has 1 fully saturated rings. The van der Waals surface area contributed by atoms with Crippen LogP contribution in [0, 0.1) is 0 Å². The van der Waals surface area contributed by atoms with Crippen LogP contribution in [0.2, 0.25) is 0 Å². The van der Waals surface area contributed by atoms with Gasteiger partial charge in [0.25, 0.3) is 0 Å². The average Bonchev–Trinajstić information content (AvgIpc) is 3.37. The van der Waals surface area contributed by atoms with E-state index in [1.165, 1.54) is 43.9 Å². The predicted molar refractivity (Wildman–Crippen MR) is 107 cm³/mol. The van der Waals surface area contributed by atoms with Crippen LogP contribution in [0.15, 0.2) is 23.4 Å². The minimum absolute atomic E-state index is 0.0208. The van der Waals surface area contributed by atoms with Crippen LogP contribution < -0.4 is 14.8 Å². The molecule has 7 nitrogen and oxygen atoms in total. The lowest BCUT2D eigenvalue weighted by Crippen LogP contribution is -2.24. The monoisotopic (exact) mass is 402 g/mol. The maximum atomic E-state index is 12.3. The van der Waals surface area contributed by atoms with Gasteiger partial charge in [0.15, 0.2) is 16.7 Å². The first kappa shape index (κ1) is 19.1. The second-order valence-corrected chi connectivity index (χ2v) is 8.12. The highest BCUT2D eigenvalue weighted by Gasteiger charge is 2.23. The van der Waals surface area contributed by atoms with E-state index < -0.39 is 0 Å². The summed E-state index contributed by atoms with van der Waals surface area (Å²) in [5.74, 6) is 3.38. The van der Waals surface area contributed by atoms with E-state index in [0.717, 1.165) is 34.6 Å². The van der Waals surface area contributed by atoms with Crippen molar-refractivity contribution in [3.63, 3.8) is 0 Å². The summed E-state index contributed by atoms with van der Waals surface area (Å²) < 4.78 is 12.9. The minimum atomic E-state index is -0.0208. The van der Waals surface area contributed by atoms with Gasteiger partial charge in [-0.05, 0) is 37.5 Å². The molecule has 1 aromatic carbocycles. The van der Waals surface area contributed by atoms with Gasteiger partial charge in [-0.15, -0.1) is 10.2 Å². The summed E-state index contributed by atoms with van der Waals surface area (Å²) in [5.41, 5.74) is 0.985. The summed E-state index contributed by atoms with van der Waals surface area (Å²) >= 11 is 1.45. The number of nitrogens with zero attached hydrogens (tertiary/aromatic N) is 3. The van der Waals surface area contributed by atoms with Gasteiger partial charge < -0.3 is 19.4 Å². The third kappa shape index (κ3) is 4.27. The number of carbonyl (C=O) groups is 1. The molecule has 0 saturated heterocycles. The zero-order valence-corrected chi connectivity index (χ0v) is 17.0. The number of aromatic nitrogens is 3. The molecule has 8 heteroatoms. The molecule has 1 aromatic heterocycles. The van der Waals surface area contributed by atoms with Crippen LogP contribution in [0.5, 0.6) is 11.5 Å². The maximum Gasteiger partial charge on any atom is 0.231 e. The van der Waals surface area contributed by atoms with Crippen molar-refractivity contribution in [2.45, 2.75) is 63.2 Å². The highest BCUT2D eigenvalue weighted by molar-refractivity contribution is 7.99. The number of hydrogen-bond acceptors (Lipinski definition) is 6. The molecular weight excluding hydrogens is 376 g/mol. The van der Waals surface area contributed by atoms with E-state index in [1.807, 2.05) is 18.2 Å². The molecule has 0 spiro atoms. The topological polar surface area (TPSA) is 78.3 Å². The Labute approximate surface area is 169 Å². The first-order chi connectivity index (χ1) is 13.7. The van der Waals surface area contributed by atoms with E-state index in [1.54, 1.807) is 0 Å². The van der Waals surface area contributed by atoms with Gasteiger partial charge in [-0.3, -0.25) is 4.79 Å². The fourth-order valence-electron chi connectivity index (χ4n) is 3.80. The first-order valence-corrected chi connectivity index (χ1v) is 10.9. The molecule has 2 heterocycles. The molecule has 0 bridgehead atoms. The van der Waals surface area contributed by atoms with Crippen molar-refractivity contribution in [2.75, 3.05) is 12.5 Å². The van der Waals surface area contributed by atoms with Gasteiger partial charge in [-0.1, -0.05) is 37.1 Å². The molecule has 1 aliphatic carbocycles. The standard InChI is InChI=1S/C20H26N4O3S/c1-2-24-19(15-6-4-3-5-7-15)22-23-20(24)28-12-18(25)21-11-14-8-9-16-17(10-14)27-13-26-16/h8-10,15H,2-7,11-13H2,1H3,(H,21,25). The number of hydrogen-bond donors (Lipinski definition) is 1. The SMILES string of the molecule is CCn1c(SCC(=O)NCc2ccc3c(c2)OCO3)nnc1C1CCCCC1. The van der Waals surface area contributed by atoms with Crippen LogP contribution >= 0.6 is 11.8 Å². The summed E-state index contributed by atoms with van der Waals surface area (Å²) in [6.45, 7) is 3.66. The van der Waals surface area contributed by atoms with Gasteiger partial charge in [-0.25, -0.2) is 0 Å². The van der Waals surface area contributed by atoms with E-state index in [9.17, 15) is 4.79 Å². The van der Waals surface area contributed by atoms with Gasteiger partial charge >= 0.3 is 0 Å². The number of amides is 1. The number of nitrogens with one attached hydrogen (secondary N) is 1. The number of fused-ring (bicyclic) bond motifs is 1. The van der Waals surface area contributed by atoms with E-state index >= 15 is 0 Å². The van der Waals surface area contributed by atoms with Crippen molar-refractivity contribution in [1.82, 2.24) is 20.1 Å². The van der Waals surface area contributed by atoms with Gasteiger partial charge in [0, 0.05) is 19.0 Å². The number of rotatable bonds is 7. The van der Waals surface area contributed by atoms with Crippen LogP contribution in [0.1, 0.15) is 56.3 Å². The van der Waals surface area contributed by atoms with E-state index in [0.29, 0.717) is 18.2 Å². The quantitative estimate of drug-likeness (QED) is 0.715. The number of ether oxygens (including phenoxy) is 2. The Kier molecular flexibility index (Phi) is 6.04. The number of thioether (sulfide) groups is 1. The van der Waals surface area contributed by atoms with E-state index in [2.05, 4.69) is 27.0 Å². The summed E-state index contributed by atoms with van der Waals surface area (Å²) in [5, 5.41) is 12.6. The molecule has 2 aliphatic rings. The summed E-state index contributed by atoms with van der Waals surface area (Å²) in [6, 6.07) is 5.71. The van der Waals surface area contributed by atoms with Crippen molar-refractivity contribution in [2.24, 2.45) is 0 Å². The summed E-state index contributed by atoms with van der Waals surface area (Å²) in [7, 11) is 0. The average molecular weight is 403 g/mol. The molecular formula is C20H26N4O3S. The molecule has 0 unspecified atom stereocenters. The Hall–Kier alpha value is -2.22. The van der Waals surface area contributed by atoms with Crippen molar-refractivity contribution >= 4 is 17.7 Å². The van der Waals surface area contributed by atoms with Crippen LogP contribution in [-0.4, -0.2) is 33.2 Å². The third-order valence-electron chi connectivity index (χ3n) is 5.29. The lowest BCUT2D eigenvalue weighted by atomic mass is 9.89. The smallest absolute Gasteiger partial charge is 0.231 e. The van der Waals surface area contributed by atoms with Crippen LogP contribution in [-0.2, 0) is 17.9 Å². The Morgan fingerprint density at radius 1 is 1.21 bits per heavy atom. The molecule has 4 rings (SSSR count). The lowest BCUT2D eigenvalue weighted by Gasteiger charge is -2.21. The highest BCUT2D eigenvalue weighted by atomic mass is 32.2. The number of carbonyl (C=O) groups excluding carboxylic acids is 1. The molecule has 150 valence electrons. The molecule has 1 amide bonds. The zero-order chi connectivity index (χ0) is 19.3. The molecule has 0 radical (unpaired) electrons.